The van der Waals surface area contributed by atoms with Gasteiger partial charge in [-0.25, -0.2) is 0 Å². The second-order valence-electron chi connectivity index (χ2n) is 6.86. The SMILES string of the molecule is Cc1ccc(NC(=O)CN(C)CC(=O)N2CCCc3ccccc32)cc1. The van der Waals surface area contributed by atoms with E-state index in [1.807, 2.05) is 54.3 Å². The smallest absolute Gasteiger partial charge is 0.241 e. The molecule has 2 aromatic rings. The van der Waals surface area contributed by atoms with E-state index in [9.17, 15) is 9.59 Å². The summed E-state index contributed by atoms with van der Waals surface area (Å²) < 4.78 is 0. The average Bonchev–Trinajstić information content (AvgIpc) is 2.63. The monoisotopic (exact) mass is 351 g/mol. The van der Waals surface area contributed by atoms with Crippen LogP contribution < -0.4 is 10.2 Å². The van der Waals surface area contributed by atoms with Crippen LogP contribution in [0.15, 0.2) is 48.5 Å². The summed E-state index contributed by atoms with van der Waals surface area (Å²) in [5, 5.41) is 2.86. The van der Waals surface area contributed by atoms with Crippen molar-refractivity contribution in [1.29, 1.82) is 0 Å². The predicted octanol–water partition coefficient (Wildman–Crippen LogP) is 2.84. The molecule has 0 fully saturated rings. The summed E-state index contributed by atoms with van der Waals surface area (Å²) in [6, 6.07) is 15.7. The van der Waals surface area contributed by atoms with E-state index in [2.05, 4.69) is 11.4 Å². The van der Waals surface area contributed by atoms with E-state index >= 15 is 0 Å². The van der Waals surface area contributed by atoms with Crippen molar-refractivity contribution in [1.82, 2.24) is 4.90 Å². The highest BCUT2D eigenvalue weighted by molar-refractivity contribution is 5.97. The van der Waals surface area contributed by atoms with Gasteiger partial charge in [0.2, 0.25) is 11.8 Å². The second kappa shape index (κ2) is 8.15. The van der Waals surface area contributed by atoms with E-state index < -0.39 is 0 Å². The molecule has 2 aromatic carbocycles. The highest BCUT2D eigenvalue weighted by atomic mass is 16.2. The molecular weight excluding hydrogens is 326 g/mol. The molecule has 136 valence electrons. The lowest BCUT2D eigenvalue weighted by Gasteiger charge is -2.30. The number of hydrogen-bond donors (Lipinski definition) is 1. The van der Waals surface area contributed by atoms with Gasteiger partial charge in [0.1, 0.15) is 0 Å². The molecule has 0 aromatic heterocycles. The van der Waals surface area contributed by atoms with Crippen molar-refractivity contribution in [2.24, 2.45) is 0 Å². The van der Waals surface area contributed by atoms with Crippen molar-refractivity contribution in [3.05, 3.63) is 59.7 Å². The molecule has 2 amide bonds. The first-order chi connectivity index (χ1) is 12.5. The Hall–Kier alpha value is -2.66. The van der Waals surface area contributed by atoms with Crippen molar-refractivity contribution < 1.29 is 9.59 Å². The van der Waals surface area contributed by atoms with Crippen molar-refractivity contribution in [3.8, 4) is 0 Å². The van der Waals surface area contributed by atoms with Crippen LogP contribution in [0.1, 0.15) is 17.5 Å². The molecule has 1 heterocycles. The highest BCUT2D eigenvalue weighted by Gasteiger charge is 2.23. The van der Waals surface area contributed by atoms with Crippen LogP contribution in [0.25, 0.3) is 0 Å². The van der Waals surface area contributed by atoms with Gasteiger partial charge in [-0.05, 0) is 50.6 Å². The molecule has 3 rings (SSSR count). The van der Waals surface area contributed by atoms with Crippen molar-refractivity contribution in [3.63, 3.8) is 0 Å². The lowest BCUT2D eigenvalue weighted by molar-refractivity contribution is -0.121. The Morgan fingerprint density at radius 3 is 2.58 bits per heavy atom. The fourth-order valence-corrected chi connectivity index (χ4v) is 3.25. The molecule has 0 saturated carbocycles. The Morgan fingerprint density at radius 2 is 1.81 bits per heavy atom. The Balaban J connectivity index is 1.54. The summed E-state index contributed by atoms with van der Waals surface area (Å²) in [5.41, 5.74) is 4.13. The van der Waals surface area contributed by atoms with Gasteiger partial charge in [-0.3, -0.25) is 14.5 Å². The van der Waals surface area contributed by atoms with E-state index in [4.69, 9.17) is 0 Å². The third-order valence-electron chi connectivity index (χ3n) is 4.57. The molecule has 0 radical (unpaired) electrons. The van der Waals surface area contributed by atoms with Gasteiger partial charge in [-0.1, -0.05) is 35.9 Å². The van der Waals surface area contributed by atoms with E-state index in [1.54, 1.807) is 11.9 Å². The molecule has 0 bridgehead atoms. The standard InChI is InChI=1S/C21H25N3O2/c1-16-9-11-18(12-10-16)22-20(25)14-23(2)15-21(26)24-13-5-7-17-6-3-4-8-19(17)24/h3-4,6,8-12H,5,7,13-15H2,1-2H3,(H,22,25). The summed E-state index contributed by atoms with van der Waals surface area (Å²) in [6.07, 6.45) is 1.98. The van der Waals surface area contributed by atoms with Crippen molar-refractivity contribution in [2.45, 2.75) is 19.8 Å². The first-order valence-corrected chi connectivity index (χ1v) is 8.96. The van der Waals surface area contributed by atoms with Gasteiger partial charge in [-0.15, -0.1) is 0 Å². The fourth-order valence-electron chi connectivity index (χ4n) is 3.25. The molecule has 0 saturated heterocycles. The van der Waals surface area contributed by atoms with Crippen molar-refractivity contribution in [2.75, 3.05) is 36.9 Å². The number of likely N-dealkylation sites (N-methyl/N-ethyl adjacent to an activating group) is 1. The predicted molar refractivity (Wildman–Crippen MR) is 104 cm³/mol. The van der Waals surface area contributed by atoms with Gasteiger partial charge in [-0.2, -0.15) is 0 Å². The van der Waals surface area contributed by atoms with Gasteiger partial charge in [0, 0.05) is 17.9 Å². The number of anilines is 2. The number of hydrogen-bond acceptors (Lipinski definition) is 3. The number of rotatable bonds is 5. The number of carbonyl (C=O) groups excluding carboxylic acids is 2. The number of amides is 2. The van der Waals surface area contributed by atoms with Crippen LogP contribution in [0.4, 0.5) is 11.4 Å². The Morgan fingerprint density at radius 1 is 1.08 bits per heavy atom. The first kappa shape index (κ1) is 18.1. The molecule has 26 heavy (non-hydrogen) atoms. The number of nitrogens with one attached hydrogen (secondary N) is 1. The number of para-hydroxylation sites is 1. The van der Waals surface area contributed by atoms with Crippen molar-refractivity contribution >= 4 is 23.2 Å². The summed E-state index contributed by atoms with van der Waals surface area (Å²) >= 11 is 0. The number of fused-ring (bicyclic) bond motifs is 1. The van der Waals surface area contributed by atoms with E-state index in [0.717, 1.165) is 36.3 Å². The second-order valence-corrected chi connectivity index (χ2v) is 6.86. The molecule has 0 spiro atoms. The summed E-state index contributed by atoms with van der Waals surface area (Å²) in [4.78, 5) is 28.5. The zero-order valence-corrected chi connectivity index (χ0v) is 15.4. The van der Waals surface area contributed by atoms with Crippen LogP contribution in [-0.2, 0) is 16.0 Å². The maximum atomic E-state index is 12.7. The quantitative estimate of drug-likeness (QED) is 0.901. The van der Waals surface area contributed by atoms with E-state index in [1.165, 1.54) is 5.56 Å². The number of benzene rings is 2. The molecule has 1 aliphatic heterocycles. The molecule has 5 heteroatoms. The van der Waals surface area contributed by atoms with Crippen LogP contribution in [-0.4, -0.2) is 43.4 Å². The van der Waals surface area contributed by atoms with Gasteiger partial charge in [0.25, 0.3) is 0 Å². The minimum atomic E-state index is -0.122. The third-order valence-corrected chi connectivity index (χ3v) is 4.57. The summed E-state index contributed by atoms with van der Waals surface area (Å²) in [7, 11) is 1.79. The average molecular weight is 351 g/mol. The van der Waals surface area contributed by atoms with Crippen LogP contribution in [0, 0.1) is 6.92 Å². The van der Waals surface area contributed by atoms with Gasteiger partial charge < -0.3 is 10.2 Å². The zero-order chi connectivity index (χ0) is 18.5. The molecule has 1 aliphatic rings. The minimum Gasteiger partial charge on any atom is -0.325 e. The van der Waals surface area contributed by atoms with Crippen LogP contribution in [0.3, 0.4) is 0 Å². The Labute approximate surface area is 154 Å². The number of carbonyl (C=O) groups is 2. The fraction of sp³-hybridized carbons (Fsp3) is 0.333. The maximum Gasteiger partial charge on any atom is 0.241 e. The van der Waals surface area contributed by atoms with E-state index in [-0.39, 0.29) is 24.9 Å². The Bertz CT molecular complexity index is 786. The summed E-state index contributed by atoms with van der Waals surface area (Å²) in [6.45, 7) is 3.13. The van der Waals surface area contributed by atoms with Crippen LogP contribution >= 0.6 is 0 Å². The third kappa shape index (κ3) is 4.49. The number of nitrogens with zero attached hydrogens (tertiary/aromatic N) is 2. The Kier molecular flexibility index (Phi) is 5.68. The largest absolute Gasteiger partial charge is 0.325 e. The van der Waals surface area contributed by atoms with Gasteiger partial charge >= 0.3 is 0 Å². The molecular formula is C21H25N3O2. The lowest BCUT2D eigenvalue weighted by Crippen LogP contribution is -2.43. The summed E-state index contributed by atoms with van der Waals surface area (Å²) in [5.74, 6) is -0.0917. The zero-order valence-electron chi connectivity index (χ0n) is 15.4. The lowest BCUT2D eigenvalue weighted by atomic mass is 10.0. The maximum absolute atomic E-state index is 12.7. The molecule has 1 N–H and O–H groups in total. The minimum absolute atomic E-state index is 0.0304. The molecule has 0 unspecified atom stereocenters. The van der Waals surface area contributed by atoms with E-state index in [0.29, 0.717) is 0 Å². The van der Waals surface area contributed by atoms with Crippen LogP contribution in [0.5, 0.6) is 0 Å². The normalized spacial score (nSPS) is 13.4. The molecule has 0 aliphatic carbocycles. The van der Waals surface area contributed by atoms with Gasteiger partial charge in [0.05, 0.1) is 13.1 Å². The van der Waals surface area contributed by atoms with Crippen LogP contribution in [0.2, 0.25) is 0 Å². The molecule has 5 nitrogen and oxygen atoms in total. The molecule has 0 atom stereocenters. The first-order valence-electron chi connectivity index (χ1n) is 8.96. The topological polar surface area (TPSA) is 52.7 Å². The number of aryl methyl sites for hydroxylation is 2. The van der Waals surface area contributed by atoms with Gasteiger partial charge in [0.15, 0.2) is 0 Å². The highest BCUT2D eigenvalue weighted by Crippen LogP contribution is 2.26.